The van der Waals surface area contributed by atoms with Crippen LogP contribution in [-0.4, -0.2) is 30.5 Å². The van der Waals surface area contributed by atoms with E-state index in [2.05, 4.69) is 20.5 Å². The van der Waals surface area contributed by atoms with Crippen LogP contribution in [0, 0.1) is 31.1 Å². The number of nitrogens with zero attached hydrogens (tertiary/aromatic N) is 5. The number of anilines is 1. The molecule has 8 heteroatoms. The third-order valence-corrected chi connectivity index (χ3v) is 7.38. The van der Waals surface area contributed by atoms with Crippen LogP contribution in [0.5, 0.6) is 0 Å². The van der Waals surface area contributed by atoms with Gasteiger partial charge in [0.2, 0.25) is 11.2 Å². The second-order valence-corrected chi connectivity index (χ2v) is 9.39. The van der Waals surface area contributed by atoms with Crippen molar-refractivity contribution in [1.82, 2.24) is 24.5 Å². The van der Waals surface area contributed by atoms with Crippen LogP contribution >= 0.6 is 11.6 Å². The average molecular weight is 389 g/mol. The molecule has 2 unspecified atom stereocenters. The maximum absolute atomic E-state index is 13.5. The molecule has 7 nitrogen and oxygen atoms in total. The second kappa shape index (κ2) is 5.56. The first kappa shape index (κ1) is 17.2. The van der Waals surface area contributed by atoms with E-state index < -0.39 is 0 Å². The normalized spacial score (nSPS) is 34.2. The highest BCUT2D eigenvalue weighted by atomic mass is 35.5. The summed E-state index contributed by atoms with van der Waals surface area (Å²) in [7, 11) is 1.91. The molecule has 1 amide bonds. The van der Waals surface area contributed by atoms with Crippen molar-refractivity contribution in [3.05, 3.63) is 23.0 Å². The van der Waals surface area contributed by atoms with E-state index in [9.17, 15) is 4.79 Å². The summed E-state index contributed by atoms with van der Waals surface area (Å²) in [5, 5.41) is 12.4. The van der Waals surface area contributed by atoms with E-state index in [0.717, 1.165) is 49.2 Å². The largest absolute Gasteiger partial charge is 0.322 e. The van der Waals surface area contributed by atoms with E-state index >= 15 is 0 Å². The highest BCUT2D eigenvalue weighted by molar-refractivity contribution is 6.28. The van der Waals surface area contributed by atoms with E-state index in [1.54, 1.807) is 6.33 Å². The first-order valence-corrected chi connectivity index (χ1v) is 10.1. The Bertz CT molecular complexity index is 917. The summed E-state index contributed by atoms with van der Waals surface area (Å²) in [4.78, 5) is 17.7. The lowest BCUT2D eigenvalue weighted by atomic mass is 9.46. The van der Waals surface area contributed by atoms with Gasteiger partial charge in [0.15, 0.2) is 0 Å². The van der Waals surface area contributed by atoms with Gasteiger partial charge in [-0.05, 0) is 75.8 Å². The molecule has 4 saturated carbocycles. The molecule has 0 saturated heterocycles. The minimum atomic E-state index is -0.336. The van der Waals surface area contributed by atoms with E-state index in [1.165, 1.54) is 6.42 Å². The molecule has 1 N–H and O–H groups in total. The molecule has 4 bridgehead atoms. The summed E-state index contributed by atoms with van der Waals surface area (Å²) >= 11 is 6.01. The molecule has 4 fully saturated rings. The van der Waals surface area contributed by atoms with Gasteiger partial charge < -0.3 is 5.32 Å². The summed E-state index contributed by atoms with van der Waals surface area (Å²) in [6.07, 6.45) is 7.87. The van der Waals surface area contributed by atoms with Gasteiger partial charge in [0.1, 0.15) is 6.33 Å². The zero-order valence-corrected chi connectivity index (χ0v) is 16.8. The fraction of sp³-hybridized carbons (Fsp3) is 0.684. The number of nitrogens with one attached hydrogen (secondary N) is 1. The van der Waals surface area contributed by atoms with Gasteiger partial charge >= 0.3 is 0 Å². The maximum Gasteiger partial charge on any atom is 0.242 e. The smallest absolute Gasteiger partial charge is 0.242 e. The predicted octanol–water partition coefficient (Wildman–Crippen LogP) is 3.22. The number of hydrogen-bond acceptors (Lipinski definition) is 4. The summed E-state index contributed by atoms with van der Waals surface area (Å²) in [6.45, 7) is 3.94. The standard InChI is InChI=1S/C19H25ClN6O/c1-11-15(12(2)25(3)23-11)22-16(27)18-5-13-4-14(6-18)8-19(7-13,9-18)26-10-21-17(20)24-26/h10,13-14H,4-9H2,1-3H3,(H,22,27). The Morgan fingerprint density at radius 3 is 2.48 bits per heavy atom. The van der Waals surface area contributed by atoms with Crippen LogP contribution in [0.4, 0.5) is 5.69 Å². The van der Waals surface area contributed by atoms with Crippen LogP contribution in [0.25, 0.3) is 0 Å². The minimum absolute atomic E-state index is 0.124. The molecule has 0 spiro atoms. The van der Waals surface area contributed by atoms with Gasteiger partial charge in [-0.2, -0.15) is 5.10 Å². The van der Waals surface area contributed by atoms with Crippen molar-refractivity contribution in [2.24, 2.45) is 24.3 Å². The quantitative estimate of drug-likeness (QED) is 0.875. The summed E-state index contributed by atoms with van der Waals surface area (Å²) < 4.78 is 3.78. The number of rotatable bonds is 3. The lowest BCUT2D eigenvalue weighted by Gasteiger charge is -2.60. The molecule has 27 heavy (non-hydrogen) atoms. The lowest BCUT2D eigenvalue weighted by molar-refractivity contribution is -0.150. The van der Waals surface area contributed by atoms with Crippen molar-refractivity contribution in [1.29, 1.82) is 0 Å². The molecule has 4 aliphatic carbocycles. The van der Waals surface area contributed by atoms with E-state index in [-0.39, 0.29) is 22.1 Å². The second-order valence-electron chi connectivity index (χ2n) is 9.05. The number of hydrogen-bond donors (Lipinski definition) is 1. The molecule has 0 radical (unpaired) electrons. The highest BCUT2D eigenvalue weighted by Crippen LogP contribution is 2.64. The van der Waals surface area contributed by atoms with Crippen LogP contribution in [0.3, 0.4) is 0 Å². The van der Waals surface area contributed by atoms with Crippen molar-refractivity contribution in [3.8, 4) is 0 Å². The first-order chi connectivity index (χ1) is 12.8. The number of aryl methyl sites for hydroxylation is 2. The van der Waals surface area contributed by atoms with Crippen molar-refractivity contribution in [2.75, 3.05) is 5.32 Å². The molecule has 2 aromatic rings. The molecule has 6 rings (SSSR count). The molecule has 2 aromatic heterocycles. The molecule has 2 heterocycles. The van der Waals surface area contributed by atoms with Gasteiger partial charge in [-0.25, -0.2) is 9.67 Å². The monoisotopic (exact) mass is 388 g/mol. The Morgan fingerprint density at radius 1 is 1.22 bits per heavy atom. The highest BCUT2D eigenvalue weighted by Gasteiger charge is 2.61. The zero-order chi connectivity index (χ0) is 19.0. The van der Waals surface area contributed by atoms with Gasteiger partial charge in [0.05, 0.1) is 28.0 Å². The number of halogens is 1. The maximum atomic E-state index is 13.5. The van der Waals surface area contributed by atoms with Crippen LogP contribution in [0.2, 0.25) is 5.28 Å². The Morgan fingerprint density at radius 2 is 1.93 bits per heavy atom. The van der Waals surface area contributed by atoms with Crippen molar-refractivity contribution < 1.29 is 4.79 Å². The molecule has 144 valence electrons. The SMILES string of the molecule is Cc1nn(C)c(C)c1NC(=O)C12CC3CC(C1)CC(n1cnc(Cl)n1)(C3)C2. The van der Waals surface area contributed by atoms with Crippen molar-refractivity contribution >= 4 is 23.2 Å². The average Bonchev–Trinajstić information content (AvgIpc) is 3.13. The van der Waals surface area contributed by atoms with Gasteiger partial charge in [0.25, 0.3) is 0 Å². The van der Waals surface area contributed by atoms with Crippen molar-refractivity contribution in [2.45, 2.75) is 57.9 Å². The molecular weight excluding hydrogens is 364 g/mol. The van der Waals surface area contributed by atoms with Crippen molar-refractivity contribution in [3.63, 3.8) is 0 Å². The third-order valence-electron chi connectivity index (χ3n) is 7.21. The van der Waals surface area contributed by atoms with Gasteiger partial charge in [-0.3, -0.25) is 9.48 Å². The van der Waals surface area contributed by atoms with Gasteiger partial charge in [-0.15, -0.1) is 5.10 Å². The number of aromatic nitrogens is 5. The lowest BCUT2D eigenvalue weighted by Crippen LogP contribution is -2.60. The van der Waals surface area contributed by atoms with E-state index in [1.807, 2.05) is 30.3 Å². The third kappa shape index (κ3) is 2.47. The molecule has 4 aliphatic rings. The van der Waals surface area contributed by atoms with Crippen LogP contribution in [0.15, 0.2) is 6.33 Å². The number of carbonyl (C=O) groups is 1. The summed E-state index contributed by atoms with van der Waals surface area (Å²) in [5.41, 5.74) is 2.25. The van der Waals surface area contributed by atoms with Crippen LogP contribution in [-0.2, 0) is 17.4 Å². The minimum Gasteiger partial charge on any atom is -0.322 e. The fourth-order valence-electron chi connectivity index (χ4n) is 6.42. The van der Waals surface area contributed by atoms with Crippen LogP contribution < -0.4 is 5.32 Å². The molecular formula is C19H25ClN6O. The summed E-state index contributed by atoms with van der Waals surface area (Å²) in [6, 6.07) is 0. The Kier molecular flexibility index (Phi) is 3.55. The van der Waals surface area contributed by atoms with Crippen LogP contribution in [0.1, 0.15) is 49.9 Å². The number of amides is 1. The van der Waals surface area contributed by atoms with E-state index in [4.69, 9.17) is 11.6 Å². The Balaban J connectivity index is 1.49. The first-order valence-electron chi connectivity index (χ1n) is 9.70. The Labute approximate surface area is 163 Å². The zero-order valence-electron chi connectivity index (χ0n) is 16.0. The fourth-order valence-corrected chi connectivity index (χ4v) is 6.55. The topological polar surface area (TPSA) is 77.6 Å². The molecule has 2 atom stereocenters. The number of carbonyl (C=O) groups excluding carboxylic acids is 1. The molecule has 0 aromatic carbocycles. The van der Waals surface area contributed by atoms with Gasteiger partial charge in [0, 0.05) is 7.05 Å². The predicted molar refractivity (Wildman–Crippen MR) is 101 cm³/mol. The van der Waals surface area contributed by atoms with E-state index in [0.29, 0.717) is 11.8 Å². The Hall–Kier alpha value is -1.89. The summed E-state index contributed by atoms with van der Waals surface area (Å²) in [5.74, 6) is 1.28. The molecule has 0 aliphatic heterocycles. The van der Waals surface area contributed by atoms with Gasteiger partial charge in [-0.1, -0.05) is 0 Å².